The van der Waals surface area contributed by atoms with Crippen LogP contribution in [0.5, 0.6) is 0 Å². The summed E-state index contributed by atoms with van der Waals surface area (Å²) in [5.74, 6) is 0.0465. The number of carbonyl (C=O) groups excluding carboxylic acids is 2. The van der Waals surface area contributed by atoms with Gasteiger partial charge in [-0.25, -0.2) is 0 Å². The van der Waals surface area contributed by atoms with Gasteiger partial charge in [-0.1, -0.05) is 13.3 Å². The van der Waals surface area contributed by atoms with Crippen molar-refractivity contribution in [3.63, 3.8) is 0 Å². The van der Waals surface area contributed by atoms with Crippen molar-refractivity contribution in [2.45, 2.75) is 58.5 Å². The molecule has 1 heterocycles. The zero-order valence-corrected chi connectivity index (χ0v) is 13.5. The molecule has 20 heavy (non-hydrogen) atoms. The maximum Gasteiger partial charge on any atom is 0.247 e. The van der Waals surface area contributed by atoms with E-state index in [-0.39, 0.29) is 23.8 Å². The molecule has 5 heteroatoms. The Hall–Kier alpha value is -1.10. The van der Waals surface area contributed by atoms with Crippen molar-refractivity contribution < 1.29 is 9.59 Å². The lowest BCUT2D eigenvalue weighted by Gasteiger charge is -2.45. The fraction of sp³-hybridized carbons (Fsp3) is 0.867. The van der Waals surface area contributed by atoms with Crippen LogP contribution in [0.3, 0.4) is 0 Å². The standard InChI is InChI=1S/C15H29N3O2/c1-11(7-6-8-12(2)16)13(19)18-10-9-17(5)14(20)15(18,3)4/h11-12H,6-10,16H2,1-5H3. The molecule has 0 aromatic rings. The molecule has 0 aromatic heterocycles. The molecule has 0 aliphatic carbocycles. The highest BCUT2D eigenvalue weighted by Gasteiger charge is 2.43. The van der Waals surface area contributed by atoms with E-state index in [2.05, 4.69) is 0 Å². The lowest BCUT2D eigenvalue weighted by Crippen LogP contribution is -2.64. The normalized spacial score (nSPS) is 21.8. The number of amides is 2. The minimum Gasteiger partial charge on any atom is -0.342 e. The second-order valence-electron chi connectivity index (χ2n) is 6.58. The lowest BCUT2D eigenvalue weighted by atomic mass is 9.93. The van der Waals surface area contributed by atoms with E-state index < -0.39 is 5.54 Å². The average molecular weight is 283 g/mol. The van der Waals surface area contributed by atoms with E-state index in [9.17, 15) is 9.59 Å². The van der Waals surface area contributed by atoms with Crippen LogP contribution in [-0.4, -0.2) is 53.3 Å². The molecule has 2 atom stereocenters. The molecule has 2 amide bonds. The maximum atomic E-state index is 12.6. The highest BCUT2D eigenvalue weighted by molar-refractivity contribution is 5.92. The zero-order chi connectivity index (χ0) is 15.5. The van der Waals surface area contributed by atoms with Gasteiger partial charge in [-0.2, -0.15) is 0 Å². The molecule has 116 valence electrons. The van der Waals surface area contributed by atoms with Crippen LogP contribution in [0.15, 0.2) is 0 Å². The minimum absolute atomic E-state index is 0.0138. The van der Waals surface area contributed by atoms with Crippen LogP contribution in [-0.2, 0) is 9.59 Å². The number of carbonyl (C=O) groups is 2. The molecule has 1 fully saturated rings. The third-order valence-corrected chi connectivity index (χ3v) is 4.19. The van der Waals surface area contributed by atoms with Gasteiger partial charge in [0.2, 0.25) is 11.8 Å². The van der Waals surface area contributed by atoms with Crippen LogP contribution >= 0.6 is 0 Å². The number of likely N-dealkylation sites (N-methyl/N-ethyl adjacent to an activating group) is 1. The summed E-state index contributed by atoms with van der Waals surface area (Å²) >= 11 is 0. The summed E-state index contributed by atoms with van der Waals surface area (Å²) < 4.78 is 0. The molecule has 0 bridgehead atoms. The number of nitrogens with two attached hydrogens (primary N) is 1. The molecular formula is C15H29N3O2. The van der Waals surface area contributed by atoms with Crippen LogP contribution in [0.2, 0.25) is 0 Å². The molecule has 2 N–H and O–H groups in total. The summed E-state index contributed by atoms with van der Waals surface area (Å²) in [5, 5.41) is 0. The molecule has 1 saturated heterocycles. The summed E-state index contributed by atoms with van der Waals surface area (Å²) in [6.45, 7) is 8.82. The summed E-state index contributed by atoms with van der Waals surface area (Å²) in [6.07, 6.45) is 2.71. The van der Waals surface area contributed by atoms with E-state index in [0.29, 0.717) is 13.1 Å². The van der Waals surface area contributed by atoms with E-state index >= 15 is 0 Å². The fourth-order valence-corrected chi connectivity index (χ4v) is 2.73. The molecule has 1 rings (SSSR count). The van der Waals surface area contributed by atoms with E-state index in [4.69, 9.17) is 5.73 Å². The van der Waals surface area contributed by atoms with E-state index in [1.165, 1.54) is 0 Å². The molecule has 0 radical (unpaired) electrons. The van der Waals surface area contributed by atoms with Crippen LogP contribution in [0, 0.1) is 5.92 Å². The first kappa shape index (κ1) is 17.0. The molecule has 0 aromatic carbocycles. The van der Waals surface area contributed by atoms with Crippen molar-refractivity contribution in [3.05, 3.63) is 0 Å². The largest absolute Gasteiger partial charge is 0.342 e. The first-order chi connectivity index (χ1) is 9.17. The zero-order valence-electron chi connectivity index (χ0n) is 13.5. The summed E-state index contributed by atoms with van der Waals surface area (Å²) in [5.41, 5.74) is 4.99. The minimum atomic E-state index is -0.737. The SMILES string of the molecule is CC(N)CCCC(C)C(=O)N1CCN(C)C(=O)C1(C)C. The molecular weight excluding hydrogens is 254 g/mol. The van der Waals surface area contributed by atoms with Crippen LogP contribution in [0.1, 0.15) is 47.0 Å². The van der Waals surface area contributed by atoms with Gasteiger partial charge in [-0.05, 0) is 33.6 Å². The Morgan fingerprint density at radius 3 is 2.45 bits per heavy atom. The summed E-state index contributed by atoms with van der Waals surface area (Å²) in [7, 11) is 1.79. The van der Waals surface area contributed by atoms with Crippen LogP contribution in [0.4, 0.5) is 0 Å². The van der Waals surface area contributed by atoms with E-state index in [0.717, 1.165) is 19.3 Å². The predicted octanol–water partition coefficient (Wildman–Crippen LogP) is 1.22. The van der Waals surface area contributed by atoms with Crippen molar-refractivity contribution in [2.24, 2.45) is 11.7 Å². The predicted molar refractivity (Wildman–Crippen MR) is 80.1 cm³/mol. The number of nitrogens with zero attached hydrogens (tertiary/aromatic N) is 2. The van der Waals surface area contributed by atoms with Gasteiger partial charge < -0.3 is 15.5 Å². The van der Waals surface area contributed by atoms with E-state index in [1.807, 2.05) is 27.7 Å². The Morgan fingerprint density at radius 2 is 1.90 bits per heavy atom. The van der Waals surface area contributed by atoms with Gasteiger partial charge in [-0.15, -0.1) is 0 Å². The first-order valence-electron chi connectivity index (χ1n) is 7.50. The highest BCUT2D eigenvalue weighted by atomic mass is 16.2. The molecule has 1 aliphatic heterocycles. The average Bonchev–Trinajstić information content (AvgIpc) is 2.35. The molecule has 0 saturated carbocycles. The first-order valence-corrected chi connectivity index (χ1v) is 7.50. The summed E-state index contributed by atoms with van der Waals surface area (Å²) in [6, 6.07) is 0.180. The van der Waals surface area contributed by atoms with Crippen molar-refractivity contribution >= 4 is 11.8 Å². The molecule has 2 unspecified atom stereocenters. The van der Waals surface area contributed by atoms with Crippen molar-refractivity contribution in [1.82, 2.24) is 9.80 Å². The second-order valence-corrected chi connectivity index (χ2v) is 6.58. The van der Waals surface area contributed by atoms with Gasteiger partial charge >= 0.3 is 0 Å². The van der Waals surface area contributed by atoms with Crippen LogP contribution < -0.4 is 5.73 Å². The van der Waals surface area contributed by atoms with Gasteiger partial charge in [0.05, 0.1) is 0 Å². The number of hydrogen-bond donors (Lipinski definition) is 1. The van der Waals surface area contributed by atoms with E-state index in [1.54, 1.807) is 16.8 Å². The number of piperazine rings is 1. The molecule has 0 spiro atoms. The van der Waals surface area contributed by atoms with Crippen molar-refractivity contribution in [1.29, 1.82) is 0 Å². The number of hydrogen-bond acceptors (Lipinski definition) is 3. The van der Waals surface area contributed by atoms with Gasteiger partial charge in [0.25, 0.3) is 0 Å². The monoisotopic (exact) mass is 283 g/mol. The van der Waals surface area contributed by atoms with Gasteiger partial charge in [0.1, 0.15) is 5.54 Å². The smallest absolute Gasteiger partial charge is 0.247 e. The third kappa shape index (κ3) is 3.72. The second kappa shape index (κ2) is 6.57. The van der Waals surface area contributed by atoms with Crippen molar-refractivity contribution in [3.8, 4) is 0 Å². The molecule has 1 aliphatic rings. The Kier molecular flexibility index (Phi) is 5.57. The Balaban J connectivity index is 2.64. The maximum absolute atomic E-state index is 12.6. The Labute approximate surface area is 122 Å². The fourth-order valence-electron chi connectivity index (χ4n) is 2.73. The summed E-state index contributed by atoms with van der Waals surface area (Å²) in [4.78, 5) is 28.2. The Morgan fingerprint density at radius 1 is 1.30 bits per heavy atom. The lowest BCUT2D eigenvalue weighted by molar-refractivity contribution is -0.159. The third-order valence-electron chi connectivity index (χ3n) is 4.19. The quantitative estimate of drug-likeness (QED) is 0.825. The highest BCUT2D eigenvalue weighted by Crippen LogP contribution is 2.25. The van der Waals surface area contributed by atoms with Gasteiger partial charge in [0.15, 0.2) is 0 Å². The van der Waals surface area contributed by atoms with Gasteiger partial charge in [-0.3, -0.25) is 9.59 Å². The van der Waals surface area contributed by atoms with Crippen molar-refractivity contribution in [2.75, 3.05) is 20.1 Å². The van der Waals surface area contributed by atoms with Crippen LogP contribution in [0.25, 0.3) is 0 Å². The molecule has 5 nitrogen and oxygen atoms in total. The topological polar surface area (TPSA) is 66.6 Å². The Bertz CT molecular complexity index is 366. The number of rotatable bonds is 5. The van der Waals surface area contributed by atoms with Gasteiger partial charge in [0, 0.05) is 32.1 Å².